The predicted molar refractivity (Wildman–Crippen MR) is 95.6 cm³/mol. The van der Waals surface area contributed by atoms with E-state index in [2.05, 4.69) is 9.97 Å². The van der Waals surface area contributed by atoms with Crippen molar-refractivity contribution in [3.63, 3.8) is 0 Å². The van der Waals surface area contributed by atoms with E-state index in [1.807, 2.05) is 4.90 Å². The quantitative estimate of drug-likeness (QED) is 0.765. The number of carbonyl (C=O) groups is 1. The van der Waals surface area contributed by atoms with Crippen molar-refractivity contribution in [2.45, 2.75) is 50.5 Å². The van der Waals surface area contributed by atoms with Gasteiger partial charge in [0.25, 0.3) is 11.8 Å². The Labute approximate surface area is 164 Å². The lowest BCUT2D eigenvalue weighted by atomic mass is 9.92. The second-order valence-corrected chi connectivity index (χ2v) is 8.79. The van der Waals surface area contributed by atoms with Crippen molar-refractivity contribution in [2.24, 2.45) is 17.8 Å². The lowest BCUT2D eigenvalue weighted by Gasteiger charge is -2.46. The first-order valence-electron chi connectivity index (χ1n) is 9.99. The molecule has 1 aromatic heterocycles. The smallest absolute Gasteiger partial charge is 0.303 e. The highest BCUT2D eigenvalue weighted by molar-refractivity contribution is 5.68. The van der Waals surface area contributed by atoms with Gasteiger partial charge in [0.15, 0.2) is 0 Å². The van der Waals surface area contributed by atoms with Crippen molar-refractivity contribution in [2.75, 3.05) is 29.4 Å². The van der Waals surface area contributed by atoms with Gasteiger partial charge < -0.3 is 14.9 Å². The first-order valence-corrected chi connectivity index (χ1v) is 9.99. The summed E-state index contributed by atoms with van der Waals surface area (Å²) in [5.41, 5.74) is 0.0647. The summed E-state index contributed by atoms with van der Waals surface area (Å²) in [4.78, 5) is 22.7. The molecule has 5 rings (SSSR count). The SMILES string of the molecule is C[C@H]1N(c2nc(N3C[C@@H]4C(CC(=O)O)[C@@H]4C3)c3c(n2)C(F)(F)CCC3)CC1(F)F. The molecule has 3 heterocycles. The fourth-order valence-corrected chi connectivity index (χ4v) is 5.17. The van der Waals surface area contributed by atoms with Gasteiger partial charge in [-0.2, -0.15) is 13.8 Å². The zero-order valence-electron chi connectivity index (χ0n) is 15.9. The third kappa shape index (κ3) is 2.85. The Morgan fingerprint density at radius 3 is 2.48 bits per heavy atom. The maximum absolute atomic E-state index is 14.6. The summed E-state index contributed by atoms with van der Waals surface area (Å²) in [5, 5.41) is 8.99. The highest BCUT2D eigenvalue weighted by Crippen LogP contribution is 2.55. The van der Waals surface area contributed by atoms with E-state index in [0.717, 1.165) is 0 Å². The zero-order chi connectivity index (χ0) is 20.7. The van der Waals surface area contributed by atoms with E-state index >= 15 is 0 Å². The van der Waals surface area contributed by atoms with Crippen LogP contribution in [0.4, 0.5) is 29.3 Å². The summed E-state index contributed by atoms with van der Waals surface area (Å²) in [7, 11) is 0. The minimum absolute atomic E-state index is 0.0681. The van der Waals surface area contributed by atoms with E-state index in [4.69, 9.17) is 5.11 Å². The molecule has 0 amide bonds. The molecule has 3 fully saturated rings. The summed E-state index contributed by atoms with van der Waals surface area (Å²) in [6.45, 7) is 1.88. The Morgan fingerprint density at radius 1 is 1.21 bits per heavy atom. The van der Waals surface area contributed by atoms with Crippen LogP contribution in [0.3, 0.4) is 0 Å². The standard InChI is InChI=1S/C19H22F4N4O2/c1-9-19(22,23)8-27(9)17-24-15-10(3-2-4-18(15,20)21)16(25-17)26-6-12-11(5-14(28)29)13(12)7-26/h9,11-13H,2-8H2,1H3,(H,28,29)/t9-,11?,12-,13+/m1/s1. The molecule has 1 N–H and O–H groups in total. The molecular weight excluding hydrogens is 392 g/mol. The van der Waals surface area contributed by atoms with Gasteiger partial charge in [0.2, 0.25) is 5.95 Å². The van der Waals surface area contributed by atoms with Crippen LogP contribution in [-0.2, 0) is 17.1 Å². The monoisotopic (exact) mass is 414 g/mol. The van der Waals surface area contributed by atoms with Gasteiger partial charge in [0, 0.05) is 31.5 Å². The van der Waals surface area contributed by atoms with Crippen LogP contribution >= 0.6 is 0 Å². The van der Waals surface area contributed by atoms with Crippen molar-refractivity contribution in [3.05, 3.63) is 11.3 Å². The maximum Gasteiger partial charge on any atom is 0.303 e. The number of rotatable bonds is 4. The minimum atomic E-state index is -3.11. The molecule has 2 aliphatic heterocycles. The Kier molecular flexibility index (Phi) is 3.87. The fourth-order valence-electron chi connectivity index (χ4n) is 5.17. The van der Waals surface area contributed by atoms with E-state index in [9.17, 15) is 22.4 Å². The molecule has 1 aromatic rings. The number of halogens is 4. The van der Waals surface area contributed by atoms with Gasteiger partial charge in [-0.1, -0.05) is 0 Å². The van der Waals surface area contributed by atoms with Crippen LogP contribution in [-0.4, -0.2) is 52.6 Å². The number of hydrogen-bond donors (Lipinski definition) is 1. The molecule has 0 spiro atoms. The number of anilines is 2. The molecule has 2 saturated heterocycles. The third-order valence-corrected chi connectivity index (χ3v) is 7.04. The van der Waals surface area contributed by atoms with Crippen molar-refractivity contribution in [1.82, 2.24) is 9.97 Å². The van der Waals surface area contributed by atoms with Crippen LogP contribution in [0.2, 0.25) is 0 Å². The average molecular weight is 414 g/mol. The molecule has 6 nitrogen and oxygen atoms in total. The minimum Gasteiger partial charge on any atom is -0.481 e. The average Bonchev–Trinajstić information content (AvgIpc) is 3.08. The van der Waals surface area contributed by atoms with Crippen molar-refractivity contribution < 1.29 is 27.5 Å². The first kappa shape index (κ1) is 18.9. The van der Waals surface area contributed by atoms with Gasteiger partial charge in [0.1, 0.15) is 11.5 Å². The van der Waals surface area contributed by atoms with E-state index in [1.54, 1.807) is 0 Å². The molecule has 4 atom stereocenters. The summed E-state index contributed by atoms with van der Waals surface area (Å²) in [5.74, 6) is -5.92. The molecule has 0 radical (unpaired) electrons. The number of piperidine rings is 1. The molecule has 0 aromatic carbocycles. The van der Waals surface area contributed by atoms with Crippen molar-refractivity contribution in [1.29, 1.82) is 0 Å². The molecule has 2 aliphatic carbocycles. The van der Waals surface area contributed by atoms with Gasteiger partial charge in [0.05, 0.1) is 12.6 Å². The Bertz CT molecular complexity index is 868. The van der Waals surface area contributed by atoms with Crippen LogP contribution in [0, 0.1) is 17.8 Å². The molecule has 1 saturated carbocycles. The lowest BCUT2D eigenvalue weighted by Crippen LogP contribution is -2.64. The number of nitrogens with zero attached hydrogens (tertiary/aromatic N) is 4. The van der Waals surface area contributed by atoms with E-state index in [0.29, 0.717) is 37.3 Å². The third-order valence-electron chi connectivity index (χ3n) is 7.04. The number of alkyl halides is 4. The van der Waals surface area contributed by atoms with E-state index in [-0.39, 0.29) is 42.2 Å². The fraction of sp³-hybridized carbons (Fsp3) is 0.737. The number of carboxylic acid groups (broad SMARTS) is 1. The van der Waals surface area contributed by atoms with Crippen LogP contribution in [0.5, 0.6) is 0 Å². The van der Waals surface area contributed by atoms with Crippen LogP contribution in [0.25, 0.3) is 0 Å². The predicted octanol–water partition coefficient (Wildman–Crippen LogP) is 2.91. The number of carboxylic acids is 1. The molecular formula is C19H22F4N4O2. The summed E-state index contributed by atoms with van der Waals surface area (Å²) in [6, 6.07) is -1.14. The highest BCUT2D eigenvalue weighted by atomic mass is 19.3. The Hall–Kier alpha value is -2.13. The lowest BCUT2D eigenvalue weighted by molar-refractivity contribution is -0.137. The topological polar surface area (TPSA) is 69.6 Å². The second kappa shape index (κ2) is 5.95. The van der Waals surface area contributed by atoms with Gasteiger partial charge in [-0.05, 0) is 37.5 Å². The first-order chi connectivity index (χ1) is 13.6. The Morgan fingerprint density at radius 2 is 1.90 bits per heavy atom. The number of aromatic nitrogens is 2. The van der Waals surface area contributed by atoms with Gasteiger partial charge in [-0.15, -0.1) is 0 Å². The second-order valence-electron chi connectivity index (χ2n) is 8.79. The maximum atomic E-state index is 14.6. The van der Waals surface area contributed by atoms with Crippen LogP contribution < -0.4 is 9.80 Å². The molecule has 10 heteroatoms. The van der Waals surface area contributed by atoms with E-state index in [1.165, 1.54) is 11.8 Å². The largest absolute Gasteiger partial charge is 0.481 e. The van der Waals surface area contributed by atoms with Crippen molar-refractivity contribution in [3.8, 4) is 0 Å². The Balaban J connectivity index is 1.47. The summed E-state index contributed by atoms with van der Waals surface area (Å²) < 4.78 is 56.6. The molecule has 29 heavy (non-hydrogen) atoms. The highest BCUT2D eigenvalue weighted by Gasteiger charge is 2.57. The number of aliphatic carboxylic acids is 1. The van der Waals surface area contributed by atoms with Gasteiger partial charge >= 0.3 is 5.97 Å². The zero-order valence-corrected chi connectivity index (χ0v) is 15.9. The van der Waals surface area contributed by atoms with Crippen LogP contribution in [0.1, 0.15) is 37.4 Å². The molecule has 1 unspecified atom stereocenters. The summed E-state index contributed by atoms with van der Waals surface area (Å²) >= 11 is 0. The number of hydrogen-bond acceptors (Lipinski definition) is 5. The summed E-state index contributed by atoms with van der Waals surface area (Å²) in [6.07, 6.45) is 0.551. The number of fused-ring (bicyclic) bond motifs is 2. The molecule has 158 valence electrons. The van der Waals surface area contributed by atoms with Crippen LogP contribution in [0.15, 0.2) is 0 Å². The van der Waals surface area contributed by atoms with E-state index < -0.39 is 30.4 Å². The normalized spacial score (nSPS) is 33.7. The van der Waals surface area contributed by atoms with Gasteiger partial charge in [-0.3, -0.25) is 4.79 Å². The van der Waals surface area contributed by atoms with Crippen molar-refractivity contribution >= 4 is 17.7 Å². The van der Waals surface area contributed by atoms with Gasteiger partial charge in [-0.25, -0.2) is 13.8 Å². The molecule has 0 bridgehead atoms. The molecule has 4 aliphatic rings.